The van der Waals surface area contributed by atoms with Gasteiger partial charge in [0.2, 0.25) is 0 Å². The summed E-state index contributed by atoms with van der Waals surface area (Å²) in [5.41, 5.74) is 2.51. The van der Waals surface area contributed by atoms with Crippen LogP contribution in [0.25, 0.3) is 11.1 Å². The molecule has 1 aromatic carbocycles. The first-order valence-corrected chi connectivity index (χ1v) is 10.8. The standard InChI is InChI=1S/C22H19F2IN6O2/c1-13-3-4-17(30-21(32)16-8-19(22(23,24)25)31-29-12-16)9-18(13)15-7-14(10-26)20(28-11-15)27-5-6-33-2/h3-4,7-9,11-12H,5-6H2,1-2H3,(H,27,28)(H,30,32). The zero-order valence-electron chi connectivity index (χ0n) is 17.7. The molecule has 0 spiro atoms. The Labute approximate surface area is 202 Å². The number of pyridine rings is 1. The van der Waals surface area contributed by atoms with Crippen LogP contribution >= 0.6 is 22.6 Å². The second kappa shape index (κ2) is 10.6. The van der Waals surface area contributed by atoms with Gasteiger partial charge in [-0.15, -0.1) is 5.10 Å². The van der Waals surface area contributed by atoms with E-state index < -0.39 is 15.5 Å². The third-order valence-electron chi connectivity index (χ3n) is 4.62. The minimum absolute atomic E-state index is 0.0432. The smallest absolute Gasteiger partial charge is 0.339 e. The molecule has 2 N–H and O–H groups in total. The Hall–Kier alpha value is -3.24. The lowest BCUT2D eigenvalue weighted by Crippen LogP contribution is -2.15. The number of methoxy groups -OCH3 is 1. The van der Waals surface area contributed by atoms with Crippen LogP contribution in [0.5, 0.6) is 0 Å². The van der Waals surface area contributed by atoms with E-state index in [-0.39, 0.29) is 5.56 Å². The van der Waals surface area contributed by atoms with Crippen molar-refractivity contribution in [1.82, 2.24) is 15.2 Å². The Bertz CT molecular complexity index is 1210. The van der Waals surface area contributed by atoms with Gasteiger partial charge in [-0.05, 0) is 42.3 Å². The number of benzene rings is 1. The van der Waals surface area contributed by atoms with Gasteiger partial charge < -0.3 is 15.4 Å². The minimum Gasteiger partial charge on any atom is -0.383 e. The van der Waals surface area contributed by atoms with Gasteiger partial charge in [0.1, 0.15) is 17.6 Å². The van der Waals surface area contributed by atoms with Crippen molar-refractivity contribution in [3.05, 3.63) is 65.1 Å². The van der Waals surface area contributed by atoms with Crippen molar-refractivity contribution in [3.8, 4) is 17.2 Å². The van der Waals surface area contributed by atoms with Gasteiger partial charge in [0.05, 0.1) is 23.9 Å². The average molecular weight is 564 g/mol. The number of alkyl halides is 3. The predicted molar refractivity (Wildman–Crippen MR) is 127 cm³/mol. The first-order chi connectivity index (χ1) is 15.7. The Balaban J connectivity index is 1.86. The Morgan fingerprint density at radius 3 is 2.76 bits per heavy atom. The number of carbonyl (C=O) groups excluding carboxylic acids is 1. The van der Waals surface area contributed by atoms with Crippen LogP contribution in [0.2, 0.25) is 0 Å². The van der Waals surface area contributed by atoms with Crippen LogP contribution in [0.1, 0.15) is 27.2 Å². The van der Waals surface area contributed by atoms with Crippen LogP contribution in [0.4, 0.5) is 20.3 Å². The summed E-state index contributed by atoms with van der Waals surface area (Å²) in [6.45, 7) is 2.87. The van der Waals surface area contributed by atoms with E-state index in [0.717, 1.165) is 46.0 Å². The molecule has 0 aliphatic rings. The third-order valence-corrected chi connectivity index (χ3v) is 5.17. The highest BCUT2D eigenvalue weighted by Crippen LogP contribution is 2.34. The number of hydrogen-bond donors (Lipinski definition) is 2. The molecule has 0 saturated heterocycles. The molecule has 0 atom stereocenters. The molecule has 11 heteroatoms. The van der Waals surface area contributed by atoms with Gasteiger partial charge >= 0.3 is 3.93 Å². The first kappa shape index (κ1) is 24.4. The normalized spacial score (nSPS) is 11.0. The van der Waals surface area contributed by atoms with Gasteiger partial charge in [-0.1, -0.05) is 6.07 Å². The second-order valence-electron chi connectivity index (χ2n) is 6.96. The maximum Gasteiger partial charge on any atom is 0.339 e. The van der Waals surface area contributed by atoms with Crippen LogP contribution < -0.4 is 10.6 Å². The number of halogens is 3. The number of ether oxygens (including phenoxy) is 1. The van der Waals surface area contributed by atoms with E-state index in [1.807, 2.05) is 6.92 Å². The van der Waals surface area contributed by atoms with Crippen molar-refractivity contribution in [2.75, 3.05) is 30.9 Å². The number of aryl methyl sites for hydroxylation is 1. The van der Waals surface area contributed by atoms with E-state index in [0.29, 0.717) is 35.8 Å². The van der Waals surface area contributed by atoms with Gasteiger partial charge in [-0.2, -0.15) is 19.1 Å². The van der Waals surface area contributed by atoms with Gasteiger partial charge in [0.25, 0.3) is 5.91 Å². The predicted octanol–water partition coefficient (Wildman–Crippen LogP) is 4.51. The Kier molecular flexibility index (Phi) is 7.83. The van der Waals surface area contributed by atoms with E-state index in [1.165, 1.54) is 0 Å². The molecule has 0 bridgehead atoms. The first-order valence-electron chi connectivity index (χ1n) is 9.68. The summed E-state index contributed by atoms with van der Waals surface area (Å²) in [5, 5.41) is 22.1. The molecular formula is C22H19F2IN6O2. The van der Waals surface area contributed by atoms with Crippen LogP contribution in [-0.4, -0.2) is 41.3 Å². The quantitative estimate of drug-likeness (QED) is 0.235. The number of nitrogens with one attached hydrogen (secondary N) is 2. The Morgan fingerprint density at radius 2 is 2.06 bits per heavy atom. The molecule has 2 heterocycles. The summed E-state index contributed by atoms with van der Waals surface area (Å²) in [6, 6.07) is 10.1. The summed E-state index contributed by atoms with van der Waals surface area (Å²) in [5.74, 6) is -0.149. The molecule has 3 aromatic rings. The van der Waals surface area contributed by atoms with Crippen molar-refractivity contribution in [1.29, 1.82) is 5.26 Å². The minimum atomic E-state index is -3.24. The second-order valence-corrected chi connectivity index (χ2v) is 8.32. The Morgan fingerprint density at radius 1 is 1.27 bits per heavy atom. The molecular weight excluding hydrogens is 545 g/mol. The lowest BCUT2D eigenvalue weighted by Gasteiger charge is -2.13. The molecule has 1 amide bonds. The van der Waals surface area contributed by atoms with E-state index >= 15 is 0 Å². The summed E-state index contributed by atoms with van der Waals surface area (Å²) < 4.78 is 28.8. The van der Waals surface area contributed by atoms with Gasteiger partial charge in [0, 0.05) is 53.7 Å². The van der Waals surface area contributed by atoms with Crippen LogP contribution in [0.15, 0.2) is 42.7 Å². The van der Waals surface area contributed by atoms with Crippen molar-refractivity contribution < 1.29 is 18.3 Å². The topological polar surface area (TPSA) is 113 Å². The highest BCUT2D eigenvalue weighted by atomic mass is 127. The third kappa shape index (κ3) is 6.17. The van der Waals surface area contributed by atoms with Crippen LogP contribution in [0, 0.1) is 18.3 Å². The van der Waals surface area contributed by atoms with Gasteiger partial charge in [-0.3, -0.25) is 4.79 Å². The molecule has 0 aliphatic carbocycles. The fourth-order valence-corrected chi connectivity index (χ4v) is 3.22. The molecule has 0 aliphatic heterocycles. The fourth-order valence-electron chi connectivity index (χ4n) is 2.95. The number of aromatic nitrogens is 3. The molecule has 0 unspecified atom stereocenters. The number of carbonyl (C=O) groups is 1. The lowest BCUT2D eigenvalue weighted by atomic mass is 10.00. The van der Waals surface area contributed by atoms with E-state index in [2.05, 4.69) is 31.9 Å². The number of amides is 1. The summed E-state index contributed by atoms with van der Waals surface area (Å²) >= 11 is 0.931. The van der Waals surface area contributed by atoms with Crippen molar-refractivity contribution in [3.63, 3.8) is 0 Å². The molecule has 0 saturated carbocycles. The molecule has 0 radical (unpaired) electrons. The largest absolute Gasteiger partial charge is 0.383 e. The molecule has 0 fully saturated rings. The van der Waals surface area contributed by atoms with Crippen molar-refractivity contribution in [2.24, 2.45) is 0 Å². The number of nitrogens with zero attached hydrogens (tertiary/aromatic N) is 4. The van der Waals surface area contributed by atoms with Crippen LogP contribution in [0.3, 0.4) is 0 Å². The average Bonchev–Trinajstić information content (AvgIpc) is 2.80. The highest BCUT2D eigenvalue weighted by molar-refractivity contribution is 14.1. The number of nitriles is 1. The molecule has 3 rings (SSSR count). The number of anilines is 2. The SMILES string of the molecule is COCCNc1ncc(-c2cc(NC(=O)c3cnnc(C(F)(F)I)c3)ccc2C)cc1C#N. The summed E-state index contributed by atoms with van der Waals surface area (Å²) in [7, 11) is 1.58. The van der Waals surface area contributed by atoms with Crippen molar-refractivity contribution >= 4 is 40.0 Å². The van der Waals surface area contributed by atoms with E-state index in [1.54, 1.807) is 37.6 Å². The van der Waals surface area contributed by atoms with E-state index in [9.17, 15) is 18.8 Å². The van der Waals surface area contributed by atoms with E-state index in [4.69, 9.17) is 4.74 Å². The monoisotopic (exact) mass is 564 g/mol. The molecule has 170 valence electrons. The summed E-state index contributed by atoms with van der Waals surface area (Å²) in [4.78, 5) is 16.9. The maximum absolute atomic E-state index is 13.5. The van der Waals surface area contributed by atoms with Crippen LogP contribution in [-0.2, 0) is 8.67 Å². The maximum atomic E-state index is 13.5. The molecule has 33 heavy (non-hydrogen) atoms. The zero-order valence-corrected chi connectivity index (χ0v) is 19.9. The molecule has 8 nitrogen and oxygen atoms in total. The number of hydrogen-bond acceptors (Lipinski definition) is 7. The fraction of sp³-hybridized carbons (Fsp3) is 0.227. The zero-order chi connectivity index (χ0) is 24.0. The van der Waals surface area contributed by atoms with Gasteiger partial charge in [-0.25, -0.2) is 4.98 Å². The number of rotatable bonds is 8. The van der Waals surface area contributed by atoms with Gasteiger partial charge in [0.15, 0.2) is 0 Å². The lowest BCUT2D eigenvalue weighted by molar-refractivity contribution is 0.102. The molecule has 2 aromatic heterocycles. The van der Waals surface area contributed by atoms with Crippen molar-refractivity contribution in [2.45, 2.75) is 10.9 Å². The highest BCUT2D eigenvalue weighted by Gasteiger charge is 2.30. The summed E-state index contributed by atoms with van der Waals surface area (Å²) in [6.07, 6.45) is 2.75.